The third-order valence-electron chi connectivity index (χ3n) is 4.79. The third-order valence-corrected chi connectivity index (χ3v) is 13.6. The molecule has 0 saturated carbocycles. The molecule has 2 heterocycles. The van der Waals surface area contributed by atoms with Crippen LogP contribution in [0.3, 0.4) is 0 Å². The van der Waals surface area contributed by atoms with Gasteiger partial charge in [0.05, 0.1) is 20.8 Å². The van der Waals surface area contributed by atoms with Crippen LogP contribution in [0.25, 0.3) is 0 Å². The Kier molecular flexibility index (Phi) is 10.3. The van der Waals surface area contributed by atoms with Crippen LogP contribution in [-0.2, 0) is 33.6 Å². The molecule has 0 bridgehead atoms. The van der Waals surface area contributed by atoms with Crippen LogP contribution in [0.1, 0.15) is 11.8 Å². The molecule has 1 fully saturated rings. The predicted molar refractivity (Wildman–Crippen MR) is 114 cm³/mol. The minimum absolute atomic E-state index is 0.224. The Morgan fingerprint density at radius 2 is 1.71 bits per heavy atom. The van der Waals surface area contributed by atoms with E-state index in [9.17, 15) is 53.5 Å². The average Bonchev–Trinajstić information content (AvgIpc) is 2.98. The van der Waals surface area contributed by atoms with Gasteiger partial charge < -0.3 is 48.8 Å². The largest absolute Gasteiger partial charge is 0.687 e. The van der Waals surface area contributed by atoms with E-state index in [0.29, 0.717) is 0 Å². The zero-order valence-electron chi connectivity index (χ0n) is 18.4. The normalized spacial score (nSPS) is 26.9. The maximum Gasteiger partial charge on any atom is 0.337 e. The van der Waals surface area contributed by atoms with Crippen molar-refractivity contribution in [2.24, 2.45) is 0 Å². The molecule has 202 valence electrons. The van der Waals surface area contributed by atoms with Gasteiger partial charge in [0.25, 0.3) is 5.56 Å². The monoisotopic (exact) mass is 583 g/mol. The van der Waals surface area contributed by atoms with Crippen LogP contribution in [0, 0.1) is 0 Å². The van der Waals surface area contributed by atoms with E-state index in [4.69, 9.17) is 13.8 Å². The van der Waals surface area contributed by atoms with Crippen LogP contribution in [0.15, 0.2) is 23.1 Å². The molecule has 2 unspecified atom stereocenters. The van der Waals surface area contributed by atoms with Gasteiger partial charge in [-0.25, -0.2) is 9.05 Å². The molecule has 1 aliphatic heterocycles. The standard InChI is InChI=1S/C15H27NO15P4/c1-28-35(27,29-2)7-10-3-4-16(12(17)5-10)15-14(19)13(18)11(31-15)6-30-34(25,26)9-32(20,21)8-33(22,23)24/h3-5,11,13-15,18-19H,6-9H2,1-2H3,(H,20,21)(H,25,26)(H2,22,23,24)/p-2/t11-,13-,14-,15-/m1/s1. The summed E-state index contributed by atoms with van der Waals surface area (Å²) in [4.78, 5) is 76.1. The fraction of sp³-hybridized carbons (Fsp3) is 0.667. The number of aliphatic hydroxyl groups is 2. The second kappa shape index (κ2) is 11.7. The van der Waals surface area contributed by atoms with E-state index in [0.717, 1.165) is 10.6 Å². The molecule has 4 N–H and O–H groups in total. The van der Waals surface area contributed by atoms with Crippen molar-refractivity contribution in [2.75, 3.05) is 32.6 Å². The molecule has 0 radical (unpaired) electrons. The molecule has 2 rings (SSSR count). The zero-order chi connectivity index (χ0) is 26.8. The summed E-state index contributed by atoms with van der Waals surface area (Å²) in [5, 5.41) is 20.5. The molecule has 35 heavy (non-hydrogen) atoms. The lowest BCUT2D eigenvalue weighted by atomic mass is 10.1. The van der Waals surface area contributed by atoms with E-state index in [1.807, 2.05) is 0 Å². The van der Waals surface area contributed by atoms with Crippen LogP contribution in [0.5, 0.6) is 0 Å². The predicted octanol–water partition coefficient (Wildman–Crippen LogP) is -3.39. The Labute approximate surface area is 200 Å². The number of rotatable bonds is 12. The van der Waals surface area contributed by atoms with Gasteiger partial charge in [-0.3, -0.25) is 18.5 Å². The van der Waals surface area contributed by atoms with E-state index in [1.54, 1.807) is 0 Å². The molecule has 0 amide bonds. The maximum absolute atomic E-state index is 12.5. The van der Waals surface area contributed by atoms with Gasteiger partial charge in [-0.15, -0.1) is 0 Å². The highest BCUT2D eigenvalue weighted by atomic mass is 31.3. The van der Waals surface area contributed by atoms with Gasteiger partial charge in [-0.1, -0.05) is 0 Å². The highest BCUT2D eigenvalue weighted by Crippen LogP contribution is 2.62. The summed E-state index contributed by atoms with van der Waals surface area (Å²) in [5.74, 6) is -3.29. The molecule has 16 nitrogen and oxygen atoms in total. The molecular formula is C15H25NO15P4-2. The third kappa shape index (κ3) is 8.94. The molecule has 0 aliphatic carbocycles. The van der Waals surface area contributed by atoms with Crippen molar-refractivity contribution in [1.29, 1.82) is 0 Å². The van der Waals surface area contributed by atoms with E-state index in [-0.39, 0.29) is 11.7 Å². The van der Waals surface area contributed by atoms with Crippen LogP contribution < -0.4 is 25.1 Å². The first kappa shape index (κ1) is 31.0. The molecule has 1 saturated heterocycles. The second-order valence-electron chi connectivity index (χ2n) is 7.63. The zero-order valence-corrected chi connectivity index (χ0v) is 22.0. The summed E-state index contributed by atoms with van der Waals surface area (Å²) < 4.78 is 44.3. The molecule has 1 aliphatic rings. The lowest BCUT2D eigenvalue weighted by molar-refractivity contribution is -0.426. The first-order valence-electron chi connectivity index (χ1n) is 9.62. The Morgan fingerprint density at radius 3 is 2.23 bits per heavy atom. The smallest absolute Gasteiger partial charge is 0.337 e. The van der Waals surface area contributed by atoms with Crippen molar-refractivity contribution in [1.82, 2.24) is 4.57 Å². The van der Waals surface area contributed by atoms with Gasteiger partial charge >= 0.3 is 7.60 Å². The first-order valence-corrected chi connectivity index (χ1v) is 16.9. The van der Waals surface area contributed by atoms with E-state index >= 15 is 0 Å². The summed E-state index contributed by atoms with van der Waals surface area (Å²) in [6.45, 7) is -0.896. The Bertz CT molecular complexity index is 1020. The van der Waals surface area contributed by atoms with Crippen molar-refractivity contribution >= 4 is 30.9 Å². The fourth-order valence-corrected chi connectivity index (χ4v) is 10.5. The van der Waals surface area contributed by atoms with Gasteiger partial charge in [0.15, 0.2) is 6.23 Å². The first-order chi connectivity index (χ1) is 15.9. The van der Waals surface area contributed by atoms with Crippen LogP contribution in [-0.4, -0.2) is 75.5 Å². The highest BCUT2D eigenvalue weighted by molar-refractivity contribution is 7.80. The lowest BCUT2D eigenvalue weighted by Gasteiger charge is -2.42. The fourth-order valence-electron chi connectivity index (χ4n) is 3.19. The Morgan fingerprint density at radius 1 is 1.11 bits per heavy atom. The topological polar surface area (TPSA) is 266 Å². The van der Waals surface area contributed by atoms with Crippen molar-refractivity contribution in [3.8, 4) is 0 Å². The number of nitrogens with zero attached hydrogens (tertiary/aromatic N) is 1. The lowest BCUT2D eigenvalue weighted by Crippen LogP contribution is -2.35. The minimum Gasteiger partial charge on any atom is -0.687 e. The van der Waals surface area contributed by atoms with E-state index in [1.165, 1.54) is 26.5 Å². The number of aromatic nitrogens is 1. The minimum atomic E-state index is -5.46. The number of pyridine rings is 1. The van der Waals surface area contributed by atoms with Gasteiger partial charge in [-0.05, 0) is 6.07 Å². The summed E-state index contributed by atoms with van der Waals surface area (Å²) in [7, 11) is -16.4. The molecule has 1 aromatic rings. The van der Waals surface area contributed by atoms with Crippen molar-refractivity contribution < 1.29 is 67.0 Å². The molecule has 0 spiro atoms. The van der Waals surface area contributed by atoms with Crippen molar-refractivity contribution in [3.63, 3.8) is 0 Å². The molecule has 6 atom stereocenters. The summed E-state index contributed by atoms with van der Waals surface area (Å²) in [6, 6.07) is 2.44. The molecule has 20 heteroatoms. The maximum atomic E-state index is 12.5. The van der Waals surface area contributed by atoms with Gasteiger partial charge in [0.2, 0.25) is 15.3 Å². The Hall–Kier alpha value is -0.210. The summed E-state index contributed by atoms with van der Waals surface area (Å²) in [5.41, 5.74) is -0.450. The molecular weight excluding hydrogens is 558 g/mol. The second-order valence-corrected chi connectivity index (χ2v) is 16.6. The average molecular weight is 583 g/mol. The van der Waals surface area contributed by atoms with E-state index in [2.05, 4.69) is 4.52 Å². The Balaban J connectivity index is 2.08. The SMILES string of the molecule is CO[P+]([O-])(Cc1ccn([C@@H]2O[C@H](COP(=O)(O)CP(=O)(O)C[P+]([O-])([O-])[O-])[C@@H](O)[C@H]2O)c(=O)c1)OC. The van der Waals surface area contributed by atoms with Crippen LogP contribution in [0.4, 0.5) is 0 Å². The number of hydrogen-bond donors (Lipinski definition) is 4. The van der Waals surface area contributed by atoms with E-state index < -0.39 is 79.4 Å². The van der Waals surface area contributed by atoms with Crippen molar-refractivity contribution in [3.05, 3.63) is 34.2 Å². The quantitative estimate of drug-likeness (QED) is 0.175. The van der Waals surface area contributed by atoms with Gasteiger partial charge in [0, 0.05) is 17.8 Å². The number of hydrogen-bond acceptors (Lipinski definition) is 13. The van der Waals surface area contributed by atoms with Crippen molar-refractivity contribution in [2.45, 2.75) is 30.7 Å². The molecule has 1 aromatic heterocycles. The molecule has 0 aromatic carbocycles. The number of ether oxygens (including phenoxy) is 1. The van der Waals surface area contributed by atoms with Crippen LogP contribution >= 0.6 is 30.9 Å². The highest BCUT2D eigenvalue weighted by Gasteiger charge is 2.45. The number of aliphatic hydroxyl groups excluding tert-OH is 2. The van der Waals surface area contributed by atoms with Crippen LogP contribution in [0.2, 0.25) is 0 Å². The van der Waals surface area contributed by atoms with Gasteiger partial charge in [0.1, 0.15) is 36.3 Å². The summed E-state index contributed by atoms with van der Waals surface area (Å²) >= 11 is 0. The summed E-state index contributed by atoms with van der Waals surface area (Å²) in [6.07, 6.45) is -5.42. The van der Waals surface area contributed by atoms with Gasteiger partial charge in [-0.2, -0.15) is 7.94 Å².